The minimum atomic E-state index is -0.367. The third-order valence-electron chi connectivity index (χ3n) is 5.88. The highest BCUT2D eigenvalue weighted by Gasteiger charge is 2.34. The largest absolute Gasteiger partial charge is 0.497 e. The first-order chi connectivity index (χ1) is 15.5. The van der Waals surface area contributed by atoms with E-state index in [2.05, 4.69) is 26.2 Å². The molecule has 0 radical (unpaired) electrons. The van der Waals surface area contributed by atoms with Gasteiger partial charge in [-0.25, -0.2) is 9.18 Å². The number of nitrogens with zero attached hydrogens (tertiary/aromatic N) is 1. The van der Waals surface area contributed by atoms with Gasteiger partial charge in [0.25, 0.3) is 0 Å². The molecule has 0 unspecified atom stereocenters. The highest BCUT2D eigenvalue weighted by Crippen LogP contribution is 2.39. The van der Waals surface area contributed by atoms with Crippen LogP contribution in [0, 0.1) is 5.82 Å². The molecule has 1 aromatic heterocycles. The van der Waals surface area contributed by atoms with E-state index in [1.807, 2.05) is 42.5 Å². The molecule has 162 valence electrons. The lowest BCUT2D eigenvalue weighted by molar-refractivity contribution is 0.193. The molecule has 1 atom stereocenters. The summed E-state index contributed by atoms with van der Waals surface area (Å²) in [4.78, 5) is 18.6. The van der Waals surface area contributed by atoms with Gasteiger partial charge in [-0.3, -0.25) is 0 Å². The second-order valence-corrected chi connectivity index (χ2v) is 8.68. The van der Waals surface area contributed by atoms with Crippen LogP contribution < -0.4 is 10.1 Å². The molecular weight excluding hydrogens is 473 g/mol. The molecule has 3 aromatic carbocycles. The lowest BCUT2D eigenvalue weighted by Gasteiger charge is -2.36. The number of halogens is 2. The summed E-state index contributed by atoms with van der Waals surface area (Å²) < 4.78 is 20.0. The number of nitrogens with one attached hydrogen (secondary N) is 2. The van der Waals surface area contributed by atoms with Crippen molar-refractivity contribution in [2.45, 2.75) is 12.5 Å². The second-order valence-electron chi connectivity index (χ2n) is 7.76. The normalized spacial score (nSPS) is 15.5. The fourth-order valence-electron chi connectivity index (χ4n) is 4.33. The number of H-pyrrole nitrogens is 1. The first-order valence-corrected chi connectivity index (χ1v) is 11.1. The van der Waals surface area contributed by atoms with Gasteiger partial charge in [-0.05, 0) is 72.1 Å². The van der Waals surface area contributed by atoms with Crippen LogP contribution in [-0.4, -0.2) is 29.6 Å². The number of ether oxygens (including phenoxy) is 1. The van der Waals surface area contributed by atoms with Crippen molar-refractivity contribution in [1.82, 2.24) is 9.88 Å². The number of aromatic nitrogens is 1. The van der Waals surface area contributed by atoms with Crippen LogP contribution in [0.3, 0.4) is 0 Å². The van der Waals surface area contributed by atoms with Gasteiger partial charge in [-0.1, -0.05) is 28.1 Å². The standard InChI is InChI=1S/C25H21BrFN3O2/c1-32-19-10-11-22-21(14-19)20-12-13-30(25(31)28-18-8-4-16(26)5-9-18)24(23(20)29-22)15-2-6-17(27)7-3-15/h2-11,14,24,29H,12-13H2,1H3,(H,28,31)/t24-/m0/s1. The minimum Gasteiger partial charge on any atom is -0.497 e. The number of anilines is 1. The number of carbonyl (C=O) groups is 1. The average molecular weight is 494 g/mol. The smallest absolute Gasteiger partial charge is 0.322 e. The van der Waals surface area contributed by atoms with Gasteiger partial charge in [-0.15, -0.1) is 0 Å². The van der Waals surface area contributed by atoms with Crippen LogP contribution in [0.5, 0.6) is 5.75 Å². The Morgan fingerprint density at radius 2 is 1.88 bits per heavy atom. The van der Waals surface area contributed by atoms with Gasteiger partial charge in [0.15, 0.2) is 0 Å². The van der Waals surface area contributed by atoms with Crippen molar-refractivity contribution >= 4 is 38.6 Å². The van der Waals surface area contributed by atoms with Crippen LogP contribution in [0.4, 0.5) is 14.9 Å². The molecule has 0 aliphatic carbocycles. The van der Waals surface area contributed by atoms with E-state index < -0.39 is 0 Å². The fourth-order valence-corrected chi connectivity index (χ4v) is 4.60. The van der Waals surface area contributed by atoms with E-state index in [0.29, 0.717) is 18.7 Å². The molecule has 4 aromatic rings. The summed E-state index contributed by atoms with van der Waals surface area (Å²) >= 11 is 3.41. The number of amides is 2. The number of carbonyl (C=O) groups excluding carboxylic acids is 1. The zero-order valence-electron chi connectivity index (χ0n) is 17.4. The number of urea groups is 1. The Labute approximate surface area is 193 Å². The fraction of sp³-hybridized carbons (Fsp3) is 0.160. The number of rotatable bonds is 3. The summed E-state index contributed by atoms with van der Waals surface area (Å²) in [5, 5.41) is 4.07. The molecule has 2 amide bonds. The van der Waals surface area contributed by atoms with Crippen LogP contribution in [0.2, 0.25) is 0 Å². The zero-order chi connectivity index (χ0) is 22.2. The number of benzene rings is 3. The lowest BCUT2D eigenvalue weighted by Crippen LogP contribution is -2.43. The van der Waals surface area contributed by atoms with Gasteiger partial charge in [0.2, 0.25) is 0 Å². The van der Waals surface area contributed by atoms with Crippen LogP contribution in [-0.2, 0) is 6.42 Å². The number of hydrogen-bond acceptors (Lipinski definition) is 2. The first kappa shape index (κ1) is 20.6. The minimum absolute atomic E-state index is 0.205. The summed E-state index contributed by atoms with van der Waals surface area (Å²) in [5.41, 5.74) is 4.64. The first-order valence-electron chi connectivity index (χ1n) is 10.3. The number of fused-ring (bicyclic) bond motifs is 3. The SMILES string of the molecule is COc1ccc2[nH]c3c(c2c1)CCN(C(=O)Nc1ccc(Br)cc1)[C@H]3c1ccc(F)cc1. The van der Waals surface area contributed by atoms with E-state index >= 15 is 0 Å². The predicted molar refractivity (Wildman–Crippen MR) is 127 cm³/mol. The maximum absolute atomic E-state index is 13.7. The van der Waals surface area contributed by atoms with Crippen molar-refractivity contribution in [3.8, 4) is 5.75 Å². The summed E-state index contributed by atoms with van der Waals surface area (Å²) in [6.45, 7) is 0.529. The van der Waals surface area contributed by atoms with E-state index in [0.717, 1.165) is 37.9 Å². The molecule has 0 fully saturated rings. The molecule has 2 heterocycles. The van der Waals surface area contributed by atoms with Crippen molar-refractivity contribution in [3.63, 3.8) is 0 Å². The van der Waals surface area contributed by atoms with Gasteiger partial charge >= 0.3 is 6.03 Å². The zero-order valence-corrected chi connectivity index (χ0v) is 18.9. The van der Waals surface area contributed by atoms with E-state index in [9.17, 15) is 9.18 Å². The molecule has 5 rings (SSSR count). The maximum atomic E-state index is 13.7. The van der Waals surface area contributed by atoms with E-state index in [1.54, 1.807) is 24.1 Å². The molecule has 0 saturated carbocycles. The average Bonchev–Trinajstić information content (AvgIpc) is 3.18. The van der Waals surface area contributed by atoms with Crippen LogP contribution in [0.1, 0.15) is 22.9 Å². The van der Waals surface area contributed by atoms with E-state index in [4.69, 9.17) is 4.74 Å². The van der Waals surface area contributed by atoms with Gasteiger partial charge in [0.05, 0.1) is 13.2 Å². The number of methoxy groups -OCH3 is 1. The van der Waals surface area contributed by atoms with Gasteiger partial charge in [0.1, 0.15) is 11.6 Å². The second kappa shape index (κ2) is 8.31. The number of hydrogen-bond donors (Lipinski definition) is 2. The van der Waals surface area contributed by atoms with Crippen molar-refractivity contribution in [1.29, 1.82) is 0 Å². The molecular formula is C25H21BrFN3O2. The quantitative estimate of drug-likeness (QED) is 0.354. The Morgan fingerprint density at radius 3 is 2.59 bits per heavy atom. The molecule has 32 heavy (non-hydrogen) atoms. The maximum Gasteiger partial charge on any atom is 0.322 e. The Balaban J connectivity index is 1.57. The third kappa shape index (κ3) is 3.73. The summed E-state index contributed by atoms with van der Waals surface area (Å²) in [7, 11) is 1.65. The summed E-state index contributed by atoms with van der Waals surface area (Å²) in [6, 6.07) is 19.1. The summed E-state index contributed by atoms with van der Waals surface area (Å²) in [6.07, 6.45) is 0.702. The molecule has 2 N–H and O–H groups in total. The van der Waals surface area contributed by atoms with Crippen LogP contribution >= 0.6 is 15.9 Å². The van der Waals surface area contributed by atoms with Crippen LogP contribution in [0.25, 0.3) is 10.9 Å². The van der Waals surface area contributed by atoms with E-state index in [1.165, 1.54) is 12.1 Å². The highest BCUT2D eigenvalue weighted by molar-refractivity contribution is 9.10. The Bertz CT molecular complexity index is 1290. The molecule has 0 spiro atoms. The Hall–Kier alpha value is -3.32. The van der Waals surface area contributed by atoms with Gasteiger partial charge < -0.3 is 19.9 Å². The topological polar surface area (TPSA) is 57.4 Å². The molecule has 0 saturated heterocycles. The van der Waals surface area contributed by atoms with E-state index in [-0.39, 0.29) is 17.9 Å². The monoisotopic (exact) mass is 493 g/mol. The number of aromatic amines is 1. The van der Waals surface area contributed by atoms with Crippen molar-refractivity contribution in [2.24, 2.45) is 0 Å². The van der Waals surface area contributed by atoms with Crippen molar-refractivity contribution < 1.29 is 13.9 Å². The van der Waals surface area contributed by atoms with Crippen LogP contribution in [0.15, 0.2) is 71.2 Å². The summed E-state index contributed by atoms with van der Waals surface area (Å²) in [5.74, 6) is 0.477. The highest BCUT2D eigenvalue weighted by atomic mass is 79.9. The molecule has 0 bridgehead atoms. The van der Waals surface area contributed by atoms with Crippen molar-refractivity contribution in [3.05, 3.63) is 93.8 Å². The predicted octanol–water partition coefficient (Wildman–Crippen LogP) is 6.26. The molecule has 5 nitrogen and oxygen atoms in total. The van der Waals surface area contributed by atoms with Crippen molar-refractivity contribution in [2.75, 3.05) is 19.0 Å². The molecule has 7 heteroatoms. The Kier molecular flexibility index (Phi) is 5.35. The third-order valence-corrected chi connectivity index (χ3v) is 6.40. The lowest BCUT2D eigenvalue weighted by atomic mass is 9.92. The van der Waals surface area contributed by atoms with Gasteiger partial charge in [-0.2, -0.15) is 0 Å². The molecule has 1 aliphatic rings. The van der Waals surface area contributed by atoms with Gasteiger partial charge in [0, 0.05) is 33.3 Å². The Morgan fingerprint density at radius 1 is 1.12 bits per heavy atom. The molecule has 1 aliphatic heterocycles.